The standard InChI is InChI=1S/C24H23ClN2O5S/c1-15(2)26-24(29)20-14-18(10-12-22(20)32-3)33(30,31)27-21-11-9-17(25)13-19(21)23(28)16-7-5-4-6-8-16/h4-15,27H,1-3H3,(H,26,29). The number of rotatable bonds is 8. The molecule has 0 fully saturated rings. The van der Waals surface area contributed by atoms with Crippen molar-refractivity contribution >= 4 is 39.0 Å². The van der Waals surface area contributed by atoms with Crippen LogP contribution in [-0.4, -0.2) is 33.3 Å². The van der Waals surface area contributed by atoms with Crippen LogP contribution in [0.3, 0.4) is 0 Å². The molecule has 3 aromatic rings. The molecule has 0 saturated heterocycles. The Hall–Kier alpha value is -3.36. The number of carbonyl (C=O) groups is 2. The van der Waals surface area contributed by atoms with Gasteiger partial charge in [-0.25, -0.2) is 8.42 Å². The lowest BCUT2D eigenvalue weighted by Crippen LogP contribution is -2.30. The van der Waals surface area contributed by atoms with E-state index in [1.807, 2.05) is 0 Å². The third kappa shape index (κ3) is 5.71. The van der Waals surface area contributed by atoms with Crippen LogP contribution in [0.5, 0.6) is 5.75 Å². The monoisotopic (exact) mass is 486 g/mol. The van der Waals surface area contributed by atoms with E-state index in [2.05, 4.69) is 10.0 Å². The fourth-order valence-corrected chi connectivity index (χ4v) is 4.39. The Labute approximate surface area is 197 Å². The molecule has 0 heterocycles. The van der Waals surface area contributed by atoms with Crippen LogP contribution in [0.15, 0.2) is 71.6 Å². The molecule has 3 aromatic carbocycles. The molecular formula is C24H23ClN2O5S. The van der Waals surface area contributed by atoms with Gasteiger partial charge < -0.3 is 10.1 Å². The van der Waals surface area contributed by atoms with Gasteiger partial charge in [-0.15, -0.1) is 0 Å². The van der Waals surface area contributed by atoms with Gasteiger partial charge >= 0.3 is 0 Å². The van der Waals surface area contributed by atoms with E-state index < -0.39 is 15.9 Å². The first-order chi connectivity index (χ1) is 15.6. The molecule has 7 nitrogen and oxygen atoms in total. The van der Waals surface area contributed by atoms with Gasteiger partial charge in [0.15, 0.2) is 5.78 Å². The van der Waals surface area contributed by atoms with Gasteiger partial charge in [-0.3, -0.25) is 14.3 Å². The first-order valence-corrected chi connectivity index (χ1v) is 11.9. The lowest BCUT2D eigenvalue weighted by molar-refractivity contribution is 0.0939. The van der Waals surface area contributed by atoms with Gasteiger partial charge in [0.2, 0.25) is 0 Å². The molecule has 0 aliphatic carbocycles. The first-order valence-electron chi connectivity index (χ1n) is 10.0. The van der Waals surface area contributed by atoms with Crippen molar-refractivity contribution in [1.82, 2.24) is 5.32 Å². The highest BCUT2D eigenvalue weighted by Crippen LogP contribution is 2.28. The normalized spacial score (nSPS) is 11.2. The summed E-state index contributed by atoms with van der Waals surface area (Å²) < 4.78 is 34.0. The lowest BCUT2D eigenvalue weighted by Gasteiger charge is -2.15. The maximum Gasteiger partial charge on any atom is 0.261 e. The molecule has 33 heavy (non-hydrogen) atoms. The summed E-state index contributed by atoms with van der Waals surface area (Å²) in [6.07, 6.45) is 0. The van der Waals surface area contributed by atoms with Crippen LogP contribution >= 0.6 is 11.6 Å². The van der Waals surface area contributed by atoms with E-state index in [9.17, 15) is 18.0 Å². The molecule has 9 heteroatoms. The van der Waals surface area contributed by atoms with Crippen LogP contribution in [0.25, 0.3) is 0 Å². The van der Waals surface area contributed by atoms with Crippen molar-refractivity contribution < 1.29 is 22.7 Å². The number of hydrogen-bond donors (Lipinski definition) is 2. The van der Waals surface area contributed by atoms with Crippen molar-refractivity contribution in [2.24, 2.45) is 0 Å². The van der Waals surface area contributed by atoms with Gasteiger partial charge in [0.05, 0.1) is 23.3 Å². The summed E-state index contributed by atoms with van der Waals surface area (Å²) >= 11 is 6.08. The Morgan fingerprint density at radius 1 is 0.939 bits per heavy atom. The number of hydrogen-bond acceptors (Lipinski definition) is 5. The molecule has 1 amide bonds. The van der Waals surface area contributed by atoms with Crippen LogP contribution in [0, 0.1) is 0 Å². The first kappa shape index (κ1) is 24.3. The predicted octanol–water partition coefficient (Wildman–Crippen LogP) is 4.52. The molecule has 0 aliphatic rings. The quantitative estimate of drug-likeness (QED) is 0.456. The fourth-order valence-electron chi connectivity index (χ4n) is 3.11. The van der Waals surface area contributed by atoms with Crippen LogP contribution in [0.2, 0.25) is 5.02 Å². The zero-order valence-corrected chi connectivity index (χ0v) is 19.8. The van der Waals surface area contributed by atoms with Crippen LogP contribution in [-0.2, 0) is 10.0 Å². The Bertz CT molecular complexity index is 1290. The van der Waals surface area contributed by atoms with Crippen molar-refractivity contribution in [1.29, 1.82) is 0 Å². The summed E-state index contributed by atoms with van der Waals surface area (Å²) in [6, 6.07) is 16.6. The maximum absolute atomic E-state index is 13.2. The van der Waals surface area contributed by atoms with Gasteiger partial charge in [0.1, 0.15) is 5.75 Å². The highest BCUT2D eigenvalue weighted by atomic mass is 35.5. The number of halogens is 1. The number of ether oxygens (including phenoxy) is 1. The molecule has 172 valence electrons. The fraction of sp³-hybridized carbons (Fsp3) is 0.167. The second kappa shape index (κ2) is 10.1. The molecule has 0 atom stereocenters. The summed E-state index contributed by atoms with van der Waals surface area (Å²) in [5, 5.41) is 3.00. The van der Waals surface area contributed by atoms with Crippen LogP contribution in [0.4, 0.5) is 5.69 Å². The van der Waals surface area contributed by atoms with Gasteiger partial charge in [-0.05, 0) is 50.2 Å². The summed E-state index contributed by atoms with van der Waals surface area (Å²) in [6.45, 7) is 3.58. The largest absolute Gasteiger partial charge is 0.496 e. The minimum absolute atomic E-state index is 0.0669. The number of nitrogens with one attached hydrogen (secondary N) is 2. The Kier molecular flexibility index (Phi) is 7.40. The van der Waals surface area contributed by atoms with E-state index in [1.54, 1.807) is 44.2 Å². The summed E-state index contributed by atoms with van der Waals surface area (Å²) in [5.41, 5.74) is 0.629. The van der Waals surface area contributed by atoms with E-state index in [0.29, 0.717) is 5.56 Å². The SMILES string of the molecule is COc1ccc(S(=O)(=O)Nc2ccc(Cl)cc2C(=O)c2ccccc2)cc1C(=O)NC(C)C. The van der Waals surface area contributed by atoms with E-state index in [4.69, 9.17) is 16.3 Å². The van der Waals surface area contributed by atoms with E-state index >= 15 is 0 Å². The van der Waals surface area contributed by atoms with E-state index in [1.165, 1.54) is 43.5 Å². The number of anilines is 1. The van der Waals surface area contributed by atoms with Crippen molar-refractivity contribution in [2.75, 3.05) is 11.8 Å². The molecule has 0 bridgehead atoms. The molecular weight excluding hydrogens is 464 g/mol. The summed E-state index contributed by atoms with van der Waals surface area (Å²) in [5.74, 6) is -0.619. The van der Waals surface area contributed by atoms with Crippen molar-refractivity contribution in [3.05, 3.63) is 88.4 Å². The molecule has 2 N–H and O–H groups in total. The molecule has 0 radical (unpaired) electrons. The highest BCUT2D eigenvalue weighted by molar-refractivity contribution is 7.92. The number of amides is 1. The molecule has 0 spiro atoms. The lowest BCUT2D eigenvalue weighted by atomic mass is 10.0. The third-order valence-electron chi connectivity index (χ3n) is 4.65. The second-order valence-corrected chi connectivity index (χ2v) is 9.60. The molecule has 0 unspecified atom stereocenters. The Morgan fingerprint density at radius 3 is 2.27 bits per heavy atom. The van der Waals surface area contributed by atoms with Crippen molar-refractivity contribution in [3.63, 3.8) is 0 Å². The minimum atomic E-state index is -4.15. The number of benzene rings is 3. The van der Waals surface area contributed by atoms with Gasteiger partial charge in [0.25, 0.3) is 15.9 Å². The molecule has 0 aliphatic heterocycles. The predicted molar refractivity (Wildman–Crippen MR) is 128 cm³/mol. The van der Waals surface area contributed by atoms with E-state index in [-0.39, 0.29) is 44.3 Å². The smallest absolute Gasteiger partial charge is 0.261 e. The zero-order valence-electron chi connectivity index (χ0n) is 18.3. The van der Waals surface area contributed by atoms with Crippen LogP contribution in [0.1, 0.15) is 40.1 Å². The van der Waals surface area contributed by atoms with Gasteiger partial charge in [0, 0.05) is 22.2 Å². The Morgan fingerprint density at radius 2 is 1.64 bits per heavy atom. The number of sulfonamides is 1. The Balaban J connectivity index is 2.01. The van der Waals surface area contributed by atoms with Crippen molar-refractivity contribution in [3.8, 4) is 5.75 Å². The summed E-state index contributed by atoms with van der Waals surface area (Å²) in [4.78, 5) is 25.4. The van der Waals surface area contributed by atoms with Gasteiger partial charge in [-0.1, -0.05) is 41.9 Å². The highest BCUT2D eigenvalue weighted by Gasteiger charge is 2.23. The van der Waals surface area contributed by atoms with Crippen LogP contribution < -0.4 is 14.8 Å². The number of ketones is 1. The minimum Gasteiger partial charge on any atom is -0.496 e. The van der Waals surface area contributed by atoms with E-state index in [0.717, 1.165) is 0 Å². The van der Waals surface area contributed by atoms with Crippen molar-refractivity contribution in [2.45, 2.75) is 24.8 Å². The molecule has 0 aromatic heterocycles. The second-order valence-electron chi connectivity index (χ2n) is 7.48. The average Bonchev–Trinajstić information content (AvgIpc) is 2.79. The number of carbonyl (C=O) groups excluding carboxylic acids is 2. The maximum atomic E-state index is 13.2. The summed E-state index contributed by atoms with van der Waals surface area (Å²) in [7, 11) is -2.76. The zero-order chi connectivity index (χ0) is 24.2. The third-order valence-corrected chi connectivity index (χ3v) is 6.25. The molecule has 3 rings (SSSR count). The molecule has 0 saturated carbocycles. The topological polar surface area (TPSA) is 102 Å². The number of methoxy groups -OCH3 is 1. The van der Waals surface area contributed by atoms with Gasteiger partial charge in [-0.2, -0.15) is 0 Å². The average molecular weight is 487 g/mol.